The van der Waals surface area contributed by atoms with Crippen molar-refractivity contribution in [3.05, 3.63) is 21.9 Å². The van der Waals surface area contributed by atoms with E-state index in [0.717, 1.165) is 4.88 Å². The molecule has 1 rings (SSSR count). The molecule has 1 heterocycles. The quantitative estimate of drug-likeness (QED) is 0.854. The summed E-state index contributed by atoms with van der Waals surface area (Å²) in [6.07, 6.45) is 0. The molecule has 4 nitrogen and oxygen atoms in total. The third-order valence-corrected chi connectivity index (χ3v) is 3.20. The first-order chi connectivity index (χ1) is 6.93. The van der Waals surface area contributed by atoms with Crippen molar-refractivity contribution in [1.29, 1.82) is 0 Å². The molecule has 0 radical (unpaired) electrons. The van der Waals surface area contributed by atoms with Crippen LogP contribution in [0.3, 0.4) is 0 Å². The molecule has 1 atom stereocenters. The summed E-state index contributed by atoms with van der Waals surface area (Å²) in [6, 6.07) is 2.73. The number of hydrogen-bond donors (Lipinski definition) is 1. The van der Waals surface area contributed by atoms with Crippen molar-refractivity contribution in [2.24, 2.45) is 0 Å². The van der Waals surface area contributed by atoms with Gasteiger partial charge in [-0.1, -0.05) is 0 Å². The number of carbonyl (C=O) groups excluding carboxylic acids is 1. The molecule has 0 saturated heterocycles. The molecule has 1 unspecified atom stereocenters. The van der Waals surface area contributed by atoms with Crippen LogP contribution < -0.4 is 0 Å². The minimum absolute atomic E-state index is 0.256. The van der Waals surface area contributed by atoms with Crippen molar-refractivity contribution in [3.63, 3.8) is 0 Å². The van der Waals surface area contributed by atoms with E-state index >= 15 is 0 Å². The molecular weight excluding hydrogens is 214 g/mol. The summed E-state index contributed by atoms with van der Waals surface area (Å²) >= 11 is 1.40. The SMILES string of the molecule is CC(=O)N(C)C(C(=O)O)c1ccc(C)s1. The third kappa shape index (κ3) is 2.56. The fourth-order valence-corrected chi connectivity index (χ4v) is 2.27. The van der Waals surface area contributed by atoms with Crippen molar-refractivity contribution in [2.75, 3.05) is 7.05 Å². The molecule has 0 fully saturated rings. The zero-order chi connectivity index (χ0) is 11.6. The Morgan fingerprint density at radius 2 is 2.07 bits per heavy atom. The van der Waals surface area contributed by atoms with Crippen LogP contribution >= 0.6 is 11.3 Å². The molecule has 15 heavy (non-hydrogen) atoms. The second-order valence-electron chi connectivity index (χ2n) is 3.32. The molecule has 0 spiro atoms. The van der Waals surface area contributed by atoms with Crippen LogP contribution in [0.2, 0.25) is 0 Å². The van der Waals surface area contributed by atoms with Crippen molar-refractivity contribution in [1.82, 2.24) is 4.90 Å². The Kier molecular flexibility index (Phi) is 3.47. The van der Waals surface area contributed by atoms with Gasteiger partial charge >= 0.3 is 5.97 Å². The molecule has 1 amide bonds. The Morgan fingerprint density at radius 3 is 2.40 bits per heavy atom. The average Bonchev–Trinajstić information content (AvgIpc) is 2.51. The van der Waals surface area contributed by atoms with Crippen LogP contribution in [0, 0.1) is 6.92 Å². The van der Waals surface area contributed by atoms with E-state index in [9.17, 15) is 9.59 Å². The zero-order valence-electron chi connectivity index (χ0n) is 8.85. The standard InChI is InChI=1S/C10H13NO3S/c1-6-4-5-8(15-6)9(10(13)14)11(3)7(2)12/h4-5,9H,1-3H3,(H,13,14). The summed E-state index contributed by atoms with van der Waals surface area (Å²) in [5.41, 5.74) is 0. The van der Waals surface area contributed by atoms with E-state index < -0.39 is 12.0 Å². The topological polar surface area (TPSA) is 57.6 Å². The zero-order valence-corrected chi connectivity index (χ0v) is 9.67. The molecule has 1 aromatic rings. The lowest BCUT2D eigenvalue weighted by Crippen LogP contribution is -2.33. The number of amides is 1. The van der Waals surface area contributed by atoms with Gasteiger partial charge in [0.05, 0.1) is 0 Å². The highest BCUT2D eigenvalue weighted by Crippen LogP contribution is 2.27. The highest BCUT2D eigenvalue weighted by atomic mass is 32.1. The third-order valence-electron chi connectivity index (χ3n) is 2.15. The Bertz CT molecular complexity index is 386. The maximum absolute atomic E-state index is 11.1. The van der Waals surface area contributed by atoms with Gasteiger partial charge in [0, 0.05) is 23.7 Å². The maximum Gasteiger partial charge on any atom is 0.331 e. The van der Waals surface area contributed by atoms with Gasteiger partial charge in [0.15, 0.2) is 6.04 Å². The van der Waals surface area contributed by atoms with Crippen LogP contribution in [0.15, 0.2) is 12.1 Å². The lowest BCUT2D eigenvalue weighted by Gasteiger charge is -2.22. The molecule has 0 aromatic carbocycles. The Hall–Kier alpha value is -1.36. The summed E-state index contributed by atoms with van der Waals surface area (Å²) in [5, 5.41) is 9.07. The smallest absolute Gasteiger partial charge is 0.331 e. The number of carbonyl (C=O) groups is 2. The van der Waals surface area contributed by atoms with E-state index in [1.165, 1.54) is 30.2 Å². The Balaban J connectivity index is 3.03. The van der Waals surface area contributed by atoms with Gasteiger partial charge in [0.2, 0.25) is 5.91 Å². The van der Waals surface area contributed by atoms with E-state index in [4.69, 9.17) is 5.11 Å². The van der Waals surface area contributed by atoms with Crippen LogP contribution in [-0.4, -0.2) is 28.9 Å². The summed E-state index contributed by atoms with van der Waals surface area (Å²) in [4.78, 5) is 25.1. The fourth-order valence-electron chi connectivity index (χ4n) is 1.26. The van der Waals surface area contributed by atoms with Crippen LogP contribution in [0.1, 0.15) is 22.7 Å². The number of aryl methyl sites for hydroxylation is 1. The van der Waals surface area contributed by atoms with Gasteiger partial charge in [0.25, 0.3) is 0 Å². The van der Waals surface area contributed by atoms with Crippen LogP contribution in [0.4, 0.5) is 0 Å². The van der Waals surface area contributed by atoms with Crippen molar-refractivity contribution < 1.29 is 14.7 Å². The minimum Gasteiger partial charge on any atom is -0.479 e. The highest BCUT2D eigenvalue weighted by molar-refractivity contribution is 7.12. The first kappa shape index (κ1) is 11.7. The molecule has 0 aliphatic carbocycles. The van der Waals surface area contributed by atoms with Gasteiger partial charge in [-0.3, -0.25) is 4.79 Å². The number of hydrogen-bond acceptors (Lipinski definition) is 3. The Morgan fingerprint density at radius 1 is 1.47 bits per heavy atom. The first-order valence-corrected chi connectivity index (χ1v) is 5.27. The number of carboxylic acid groups (broad SMARTS) is 1. The fraction of sp³-hybridized carbons (Fsp3) is 0.400. The van der Waals surface area contributed by atoms with E-state index in [1.54, 1.807) is 6.07 Å². The van der Waals surface area contributed by atoms with Crippen molar-refractivity contribution >= 4 is 23.2 Å². The molecule has 0 saturated carbocycles. The number of nitrogens with zero attached hydrogens (tertiary/aromatic N) is 1. The monoisotopic (exact) mass is 227 g/mol. The van der Waals surface area contributed by atoms with Crippen LogP contribution in [-0.2, 0) is 9.59 Å². The first-order valence-electron chi connectivity index (χ1n) is 4.46. The minimum atomic E-state index is -1.01. The van der Waals surface area contributed by atoms with E-state index in [0.29, 0.717) is 4.88 Å². The van der Waals surface area contributed by atoms with E-state index in [1.807, 2.05) is 13.0 Å². The highest BCUT2D eigenvalue weighted by Gasteiger charge is 2.27. The lowest BCUT2D eigenvalue weighted by atomic mass is 10.2. The molecule has 1 aromatic heterocycles. The van der Waals surface area contributed by atoms with E-state index in [-0.39, 0.29) is 5.91 Å². The van der Waals surface area contributed by atoms with Gasteiger partial charge in [-0.25, -0.2) is 4.79 Å². The maximum atomic E-state index is 11.1. The second-order valence-corrected chi connectivity index (χ2v) is 4.64. The summed E-state index contributed by atoms with van der Waals surface area (Å²) in [5.74, 6) is -1.26. The summed E-state index contributed by atoms with van der Waals surface area (Å²) in [6.45, 7) is 3.26. The number of thiophene rings is 1. The largest absolute Gasteiger partial charge is 0.479 e. The van der Waals surface area contributed by atoms with Crippen molar-refractivity contribution in [3.8, 4) is 0 Å². The van der Waals surface area contributed by atoms with Crippen LogP contribution in [0.25, 0.3) is 0 Å². The molecule has 1 N–H and O–H groups in total. The molecule has 0 bridgehead atoms. The van der Waals surface area contributed by atoms with Gasteiger partial charge in [-0.05, 0) is 19.1 Å². The van der Waals surface area contributed by atoms with E-state index in [2.05, 4.69) is 0 Å². The average molecular weight is 227 g/mol. The molecule has 82 valence electrons. The van der Waals surface area contributed by atoms with Gasteiger partial charge < -0.3 is 10.0 Å². The molecule has 5 heteroatoms. The van der Waals surface area contributed by atoms with Gasteiger partial charge in [-0.15, -0.1) is 11.3 Å². The number of aliphatic carboxylic acids is 1. The number of rotatable bonds is 3. The predicted molar refractivity (Wildman–Crippen MR) is 57.9 cm³/mol. The summed E-state index contributed by atoms with van der Waals surface area (Å²) < 4.78 is 0. The normalized spacial score (nSPS) is 12.2. The Labute approximate surface area is 92.1 Å². The number of carboxylic acids is 1. The molecule has 0 aliphatic heterocycles. The van der Waals surface area contributed by atoms with Gasteiger partial charge in [0.1, 0.15) is 0 Å². The summed E-state index contributed by atoms with van der Waals surface area (Å²) in [7, 11) is 1.50. The lowest BCUT2D eigenvalue weighted by molar-refractivity contribution is -0.148. The molecule has 0 aliphatic rings. The molecular formula is C10H13NO3S. The van der Waals surface area contributed by atoms with Gasteiger partial charge in [-0.2, -0.15) is 0 Å². The van der Waals surface area contributed by atoms with Crippen LogP contribution in [0.5, 0.6) is 0 Å². The van der Waals surface area contributed by atoms with Crippen molar-refractivity contribution in [2.45, 2.75) is 19.9 Å². The second kappa shape index (κ2) is 4.44. The number of likely N-dealkylation sites (N-methyl/N-ethyl adjacent to an activating group) is 1. The predicted octanol–water partition coefficient (Wildman–Crippen LogP) is 1.66.